The summed E-state index contributed by atoms with van der Waals surface area (Å²) in [4.78, 5) is 14.4. The zero-order chi connectivity index (χ0) is 10.8. The van der Waals surface area contributed by atoms with Crippen molar-refractivity contribution in [2.24, 2.45) is 0 Å². The van der Waals surface area contributed by atoms with Crippen LogP contribution in [0.1, 0.15) is 39.5 Å². The van der Waals surface area contributed by atoms with Gasteiger partial charge in [-0.05, 0) is 19.8 Å². The Hall–Kier alpha value is -0.0200. The van der Waals surface area contributed by atoms with Crippen molar-refractivity contribution < 1.29 is 4.79 Å². The average Bonchev–Trinajstić information content (AvgIpc) is 2.23. The summed E-state index contributed by atoms with van der Waals surface area (Å²) in [6.45, 7) is 5.67. The molecule has 2 nitrogen and oxygen atoms in total. The zero-order valence-electron chi connectivity index (χ0n) is 9.74. The molecule has 86 valence electrons. The third-order valence-electron chi connectivity index (χ3n) is 3.86. The number of hydrogen-bond acceptors (Lipinski definition) is 3. The van der Waals surface area contributed by atoms with Crippen molar-refractivity contribution in [1.82, 2.24) is 4.90 Å². The number of nitrogens with zero attached hydrogens (tertiary/aromatic N) is 1. The summed E-state index contributed by atoms with van der Waals surface area (Å²) in [7, 11) is 0. The first-order chi connectivity index (χ1) is 7.20. The first-order valence-electron chi connectivity index (χ1n) is 6.10. The number of Topliss-reactive ketones (excluding diaryl/α,β-unsaturated/α-hetero) is 1. The maximum atomic E-state index is 11.9. The molecule has 0 spiro atoms. The average molecular weight is 227 g/mol. The van der Waals surface area contributed by atoms with Crippen LogP contribution in [0.4, 0.5) is 0 Å². The number of ketones is 1. The maximum Gasteiger partial charge on any atom is 0.149 e. The Morgan fingerprint density at radius 1 is 1.33 bits per heavy atom. The lowest BCUT2D eigenvalue weighted by Crippen LogP contribution is -2.53. The SMILES string of the molecule is CC1SCCN(C2CCCCC2=O)C1C. The highest BCUT2D eigenvalue weighted by atomic mass is 32.2. The van der Waals surface area contributed by atoms with Crippen molar-refractivity contribution in [1.29, 1.82) is 0 Å². The molecule has 1 heterocycles. The minimum atomic E-state index is 0.247. The van der Waals surface area contributed by atoms with Gasteiger partial charge in [0.25, 0.3) is 0 Å². The Morgan fingerprint density at radius 2 is 2.13 bits per heavy atom. The molecule has 1 aliphatic heterocycles. The van der Waals surface area contributed by atoms with E-state index in [-0.39, 0.29) is 6.04 Å². The highest BCUT2D eigenvalue weighted by molar-refractivity contribution is 8.00. The first kappa shape index (κ1) is 11.5. The van der Waals surface area contributed by atoms with Gasteiger partial charge in [0, 0.05) is 30.0 Å². The standard InChI is InChI=1S/C12H21NOS/c1-9-10(2)15-8-7-13(9)11-5-3-4-6-12(11)14/h9-11H,3-8H2,1-2H3. The summed E-state index contributed by atoms with van der Waals surface area (Å²) < 4.78 is 0. The second-order valence-electron chi connectivity index (χ2n) is 4.78. The minimum Gasteiger partial charge on any atom is -0.298 e. The van der Waals surface area contributed by atoms with Crippen molar-refractivity contribution in [3.63, 3.8) is 0 Å². The van der Waals surface area contributed by atoms with Crippen LogP contribution in [0.3, 0.4) is 0 Å². The van der Waals surface area contributed by atoms with Gasteiger partial charge in [0.15, 0.2) is 0 Å². The molecule has 0 aromatic heterocycles. The van der Waals surface area contributed by atoms with Gasteiger partial charge in [-0.2, -0.15) is 11.8 Å². The lowest BCUT2D eigenvalue weighted by Gasteiger charge is -2.43. The van der Waals surface area contributed by atoms with Gasteiger partial charge in [-0.3, -0.25) is 9.69 Å². The molecule has 1 saturated carbocycles. The lowest BCUT2D eigenvalue weighted by molar-refractivity contribution is -0.127. The number of carbonyl (C=O) groups is 1. The Balaban J connectivity index is 2.04. The monoisotopic (exact) mass is 227 g/mol. The van der Waals surface area contributed by atoms with Crippen LogP contribution < -0.4 is 0 Å². The van der Waals surface area contributed by atoms with Gasteiger partial charge < -0.3 is 0 Å². The molecule has 0 aromatic carbocycles. The second-order valence-corrected chi connectivity index (χ2v) is 6.27. The van der Waals surface area contributed by atoms with Crippen LogP contribution in [0.2, 0.25) is 0 Å². The molecular weight excluding hydrogens is 206 g/mol. The van der Waals surface area contributed by atoms with Crippen LogP contribution in [0.15, 0.2) is 0 Å². The zero-order valence-corrected chi connectivity index (χ0v) is 10.6. The summed E-state index contributed by atoms with van der Waals surface area (Å²) in [5.41, 5.74) is 0. The van der Waals surface area contributed by atoms with Crippen LogP contribution in [0.25, 0.3) is 0 Å². The lowest BCUT2D eigenvalue weighted by atomic mass is 9.91. The number of carbonyl (C=O) groups excluding carboxylic acids is 1. The topological polar surface area (TPSA) is 20.3 Å². The molecule has 0 radical (unpaired) electrons. The summed E-state index contributed by atoms with van der Waals surface area (Å²) >= 11 is 2.04. The molecule has 2 fully saturated rings. The van der Waals surface area contributed by atoms with Gasteiger partial charge in [0.2, 0.25) is 0 Å². The van der Waals surface area contributed by atoms with Crippen molar-refractivity contribution >= 4 is 17.5 Å². The van der Waals surface area contributed by atoms with E-state index in [1.807, 2.05) is 11.8 Å². The minimum absolute atomic E-state index is 0.247. The molecule has 0 aromatic rings. The third kappa shape index (κ3) is 2.39. The fourth-order valence-corrected chi connectivity index (χ4v) is 3.83. The summed E-state index contributed by atoms with van der Waals surface area (Å²) in [5, 5.41) is 0.675. The van der Waals surface area contributed by atoms with Gasteiger partial charge in [-0.25, -0.2) is 0 Å². The molecule has 3 heteroatoms. The van der Waals surface area contributed by atoms with E-state index in [9.17, 15) is 4.79 Å². The van der Waals surface area contributed by atoms with E-state index < -0.39 is 0 Å². The Labute approximate surface area is 96.8 Å². The van der Waals surface area contributed by atoms with Gasteiger partial charge in [-0.15, -0.1) is 0 Å². The number of thioether (sulfide) groups is 1. The molecule has 1 saturated heterocycles. The van der Waals surface area contributed by atoms with Crippen LogP contribution >= 0.6 is 11.8 Å². The van der Waals surface area contributed by atoms with Crippen LogP contribution in [0, 0.1) is 0 Å². The second kappa shape index (κ2) is 4.88. The largest absolute Gasteiger partial charge is 0.298 e. The van der Waals surface area contributed by atoms with Crippen LogP contribution in [-0.4, -0.2) is 40.3 Å². The Kier molecular flexibility index (Phi) is 3.73. The van der Waals surface area contributed by atoms with Crippen molar-refractivity contribution in [2.75, 3.05) is 12.3 Å². The molecule has 1 aliphatic carbocycles. The predicted molar refractivity (Wildman–Crippen MR) is 65.4 cm³/mol. The molecular formula is C12H21NOS. The van der Waals surface area contributed by atoms with Gasteiger partial charge in [-0.1, -0.05) is 13.3 Å². The highest BCUT2D eigenvalue weighted by Gasteiger charge is 2.35. The molecule has 0 bridgehead atoms. The number of hydrogen-bond donors (Lipinski definition) is 0. The fraction of sp³-hybridized carbons (Fsp3) is 0.917. The predicted octanol–water partition coefficient (Wildman–Crippen LogP) is 2.32. The smallest absolute Gasteiger partial charge is 0.149 e. The highest BCUT2D eigenvalue weighted by Crippen LogP contribution is 2.29. The van der Waals surface area contributed by atoms with Crippen molar-refractivity contribution in [3.8, 4) is 0 Å². The van der Waals surface area contributed by atoms with Gasteiger partial charge >= 0.3 is 0 Å². The molecule has 2 aliphatic rings. The van der Waals surface area contributed by atoms with E-state index in [0.29, 0.717) is 17.1 Å². The summed E-state index contributed by atoms with van der Waals surface area (Å²) in [6, 6.07) is 0.813. The van der Waals surface area contributed by atoms with Crippen LogP contribution in [-0.2, 0) is 4.79 Å². The maximum absolute atomic E-state index is 11.9. The first-order valence-corrected chi connectivity index (χ1v) is 7.15. The van der Waals surface area contributed by atoms with E-state index in [0.717, 1.165) is 25.8 Å². The van der Waals surface area contributed by atoms with E-state index in [4.69, 9.17) is 0 Å². The van der Waals surface area contributed by atoms with E-state index >= 15 is 0 Å². The quantitative estimate of drug-likeness (QED) is 0.686. The molecule has 0 N–H and O–H groups in total. The van der Waals surface area contributed by atoms with Crippen molar-refractivity contribution in [2.45, 2.75) is 56.9 Å². The third-order valence-corrected chi connectivity index (χ3v) is 5.19. The molecule has 2 rings (SSSR count). The molecule has 15 heavy (non-hydrogen) atoms. The normalized spacial score (nSPS) is 39.3. The fourth-order valence-electron chi connectivity index (χ4n) is 2.71. The molecule has 3 atom stereocenters. The van der Waals surface area contributed by atoms with E-state index in [1.165, 1.54) is 12.2 Å². The molecule has 3 unspecified atom stereocenters. The number of rotatable bonds is 1. The summed E-state index contributed by atoms with van der Waals surface area (Å²) in [5.74, 6) is 1.68. The Bertz CT molecular complexity index is 244. The van der Waals surface area contributed by atoms with E-state index in [2.05, 4.69) is 18.7 Å². The summed E-state index contributed by atoms with van der Waals surface area (Å²) in [6.07, 6.45) is 4.26. The van der Waals surface area contributed by atoms with Gasteiger partial charge in [0.05, 0.1) is 6.04 Å². The molecule has 0 amide bonds. The Morgan fingerprint density at radius 3 is 2.87 bits per heavy atom. The van der Waals surface area contributed by atoms with Crippen LogP contribution in [0.5, 0.6) is 0 Å². The van der Waals surface area contributed by atoms with Crippen molar-refractivity contribution in [3.05, 3.63) is 0 Å². The van der Waals surface area contributed by atoms with Gasteiger partial charge in [0.1, 0.15) is 5.78 Å². The van der Waals surface area contributed by atoms with E-state index in [1.54, 1.807) is 0 Å².